The molecule has 15 heavy (non-hydrogen) atoms. The van der Waals surface area contributed by atoms with Crippen LogP contribution in [0.15, 0.2) is 8.26 Å². The molecule has 0 saturated carbocycles. The molecule has 1 rings (SSSR count). The minimum absolute atomic E-state index is 0.369. The lowest BCUT2D eigenvalue weighted by Crippen LogP contribution is -2.28. The predicted octanol–water partition coefficient (Wildman–Crippen LogP) is 2.40. The second-order valence-corrected chi connectivity index (χ2v) is 5.85. The van der Waals surface area contributed by atoms with Crippen LogP contribution in [0, 0.1) is 6.92 Å². The molecule has 1 aromatic rings. The summed E-state index contributed by atoms with van der Waals surface area (Å²) in [4.78, 5) is 22.3. The highest BCUT2D eigenvalue weighted by Crippen LogP contribution is 2.36. The predicted molar refractivity (Wildman–Crippen MR) is 64.4 cm³/mol. The van der Waals surface area contributed by atoms with Gasteiger partial charge >= 0.3 is 5.97 Å². The van der Waals surface area contributed by atoms with Gasteiger partial charge in [0, 0.05) is 4.47 Å². The van der Waals surface area contributed by atoms with Gasteiger partial charge in [0.05, 0.1) is 8.66 Å². The van der Waals surface area contributed by atoms with Crippen molar-refractivity contribution in [2.75, 3.05) is 6.54 Å². The molecule has 0 bridgehead atoms. The summed E-state index contributed by atoms with van der Waals surface area (Å²) >= 11 is 7.87. The largest absolute Gasteiger partial charge is 0.480 e. The number of carboxylic acid groups (broad SMARTS) is 1. The van der Waals surface area contributed by atoms with Crippen molar-refractivity contribution in [2.24, 2.45) is 0 Å². The van der Waals surface area contributed by atoms with Crippen molar-refractivity contribution < 1.29 is 14.7 Å². The maximum absolute atomic E-state index is 11.5. The summed E-state index contributed by atoms with van der Waals surface area (Å²) in [6.45, 7) is 1.42. The van der Waals surface area contributed by atoms with Crippen molar-refractivity contribution in [1.29, 1.82) is 0 Å². The quantitative estimate of drug-likeness (QED) is 0.873. The number of halogens is 2. The van der Waals surface area contributed by atoms with Crippen molar-refractivity contribution in [3.63, 3.8) is 0 Å². The van der Waals surface area contributed by atoms with E-state index in [1.807, 2.05) is 0 Å². The molecule has 4 nitrogen and oxygen atoms in total. The Labute approximate surface area is 107 Å². The Morgan fingerprint density at radius 3 is 2.47 bits per heavy atom. The van der Waals surface area contributed by atoms with Crippen molar-refractivity contribution >= 4 is 55.1 Å². The number of carbonyl (C=O) groups excluding carboxylic acids is 1. The van der Waals surface area contributed by atoms with E-state index in [0.29, 0.717) is 4.88 Å². The number of hydrogen-bond acceptors (Lipinski definition) is 3. The van der Waals surface area contributed by atoms with E-state index in [2.05, 4.69) is 37.2 Å². The number of rotatable bonds is 3. The molecule has 1 aromatic heterocycles. The number of carboxylic acids is 1. The SMILES string of the molecule is Cc1c(C(=O)NCC(=O)O)sc(Br)c1Br. The molecular weight excluding hydrogens is 350 g/mol. The zero-order valence-electron chi connectivity index (χ0n) is 7.63. The van der Waals surface area contributed by atoms with Crippen LogP contribution in [0.25, 0.3) is 0 Å². The zero-order valence-corrected chi connectivity index (χ0v) is 11.6. The minimum atomic E-state index is -1.06. The van der Waals surface area contributed by atoms with Gasteiger partial charge in [0.1, 0.15) is 6.54 Å². The van der Waals surface area contributed by atoms with Gasteiger partial charge in [-0.05, 0) is 44.3 Å². The van der Waals surface area contributed by atoms with Crippen LogP contribution in [0.4, 0.5) is 0 Å². The number of thiophene rings is 1. The molecule has 0 aliphatic rings. The molecular formula is C8H7Br2NO3S. The van der Waals surface area contributed by atoms with Gasteiger partial charge in [0.15, 0.2) is 0 Å². The smallest absolute Gasteiger partial charge is 0.322 e. The molecule has 0 aliphatic heterocycles. The van der Waals surface area contributed by atoms with Gasteiger partial charge in [-0.1, -0.05) is 0 Å². The van der Waals surface area contributed by atoms with Crippen molar-refractivity contribution in [1.82, 2.24) is 5.32 Å². The highest BCUT2D eigenvalue weighted by atomic mass is 79.9. The van der Waals surface area contributed by atoms with Gasteiger partial charge in [0.2, 0.25) is 0 Å². The van der Waals surface area contributed by atoms with Crippen LogP contribution < -0.4 is 5.32 Å². The van der Waals surface area contributed by atoms with Crippen LogP contribution in [-0.2, 0) is 4.79 Å². The average molecular weight is 357 g/mol. The maximum atomic E-state index is 11.5. The molecule has 0 atom stereocenters. The summed E-state index contributed by atoms with van der Waals surface area (Å²) in [6, 6.07) is 0. The Morgan fingerprint density at radius 2 is 2.07 bits per heavy atom. The Bertz CT molecular complexity index is 416. The van der Waals surface area contributed by atoms with Crippen molar-refractivity contribution in [3.8, 4) is 0 Å². The first-order chi connectivity index (χ1) is 6.93. The molecule has 1 amide bonds. The topological polar surface area (TPSA) is 66.4 Å². The van der Waals surface area contributed by atoms with Gasteiger partial charge in [-0.3, -0.25) is 9.59 Å². The molecule has 0 radical (unpaired) electrons. The van der Waals surface area contributed by atoms with E-state index in [1.54, 1.807) is 6.92 Å². The summed E-state index contributed by atoms with van der Waals surface area (Å²) in [7, 11) is 0. The number of amides is 1. The van der Waals surface area contributed by atoms with Crippen molar-refractivity contribution in [2.45, 2.75) is 6.92 Å². The van der Waals surface area contributed by atoms with E-state index in [1.165, 1.54) is 11.3 Å². The van der Waals surface area contributed by atoms with Crippen LogP contribution in [0.1, 0.15) is 15.2 Å². The number of hydrogen-bond donors (Lipinski definition) is 2. The lowest BCUT2D eigenvalue weighted by molar-refractivity contribution is -0.135. The second kappa shape index (κ2) is 5.09. The van der Waals surface area contributed by atoms with Gasteiger partial charge < -0.3 is 10.4 Å². The number of nitrogens with one attached hydrogen (secondary N) is 1. The van der Waals surface area contributed by atoms with E-state index in [-0.39, 0.29) is 12.5 Å². The van der Waals surface area contributed by atoms with Gasteiger partial charge in [-0.25, -0.2) is 0 Å². The van der Waals surface area contributed by atoms with Gasteiger partial charge in [-0.2, -0.15) is 0 Å². The van der Waals surface area contributed by atoms with Crippen LogP contribution in [0.5, 0.6) is 0 Å². The fourth-order valence-corrected chi connectivity index (χ4v) is 3.11. The summed E-state index contributed by atoms with van der Waals surface area (Å²) in [6.07, 6.45) is 0. The van der Waals surface area contributed by atoms with E-state index < -0.39 is 5.97 Å². The number of aliphatic carboxylic acids is 1. The third-order valence-corrected chi connectivity index (χ3v) is 5.39. The van der Waals surface area contributed by atoms with E-state index in [0.717, 1.165) is 13.8 Å². The average Bonchev–Trinajstić information content (AvgIpc) is 2.42. The fourth-order valence-electron chi connectivity index (χ4n) is 0.911. The fraction of sp³-hybridized carbons (Fsp3) is 0.250. The second-order valence-electron chi connectivity index (χ2n) is 2.72. The first kappa shape index (κ1) is 12.7. The van der Waals surface area contributed by atoms with E-state index in [4.69, 9.17) is 5.11 Å². The van der Waals surface area contributed by atoms with E-state index in [9.17, 15) is 9.59 Å². The highest BCUT2D eigenvalue weighted by molar-refractivity contribution is 9.13. The van der Waals surface area contributed by atoms with Gasteiger partial charge in [-0.15, -0.1) is 11.3 Å². The first-order valence-electron chi connectivity index (χ1n) is 3.88. The van der Waals surface area contributed by atoms with Crippen LogP contribution >= 0.6 is 43.2 Å². The molecule has 0 aromatic carbocycles. The van der Waals surface area contributed by atoms with Gasteiger partial charge in [0.25, 0.3) is 5.91 Å². The maximum Gasteiger partial charge on any atom is 0.322 e. The lowest BCUT2D eigenvalue weighted by Gasteiger charge is -2.00. The summed E-state index contributed by atoms with van der Waals surface area (Å²) in [5, 5.41) is 10.7. The zero-order chi connectivity index (χ0) is 11.6. The lowest BCUT2D eigenvalue weighted by atomic mass is 10.3. The Morgan fingerprint density at radius 1 is 1.47 bits per heavy atom. The Kier molecular flexibility index (Phi) is 4.30. The Balaban J connectivity index is 2.83. The first-order valence-corrected chi connectivity index (χ1v) is 6.28. The van der Waals surface area contributed by atoms with Crippen LogP contribution in [-0.4, -0.2) is 23.5 Å². The molecule has 7 heteroatoms. The molecule has 82 valence electrons. The third kappa shape index (κ3) is 3.02. The minimum Gasteiger partial charge on any atom is -0.480 e. The third-order valence-electron chi connectivity index (χ3n) is 1.64. The molecule has 0 saturated heterocycles. The Hall–Kier alpha value is -0.400. The normalized spacial score (nSPS) is 10.1. The van der Waals surface area contributed by atoms with E-state index >= 15 is 0 Å². The molecule has 1 heterocycles. The number of carbonyl (C=O) groups is 2. The summed E-state index contributed by atoms with van der Waals surface area (Å²) < 4.78 is 1.65. The monoisotopic (exact) mass is 355 g/mol. The van der Waals surface area contributed by atoms with Crippen molar-refractivity contribution in [3.05, 3.63) is 18.7 Å². The summed E-state index contributed by atoms with van der Waals surface area (Å²) in [5.74, 6) is -1.43. The molecule has 0 spiro atoms. The standard InChI is InChI=1S/C8H7Br2NO3S/c1-3-5(9)7(10)15-6(3)8(14)11-2-4(12)13/h2H2,1H3,(H,11,14)(H,12,13). The van der Waals surface area contributed by atoms with Crippen LogP contribution in [0.3, 0.4) is 0 Å². The molecule has 0 aliphatic carbocycles. The molecule has 0 fully saturated rings. The molecule has 2 N–H and O–H groups in total. The summed E-state index contributed by atoms with van der Waals surface area (Å²) in [5.41, 5.74) is 0.801. The molecule has 0 unspecified atom stereocenters. The highest BCUT2D eigenvalue weighted by Gasteiger charge is 2.17. The van der Waals surface area contributed by atoms with Crippen LogP contribution in [0.2, 0.25) is 0 Å².